The van der Waals surface area contributed by atoms with E-state index < -0.39 is 10.0 Å². The zero-order valence-corrected chi connectivity index (χ0v) is 12.8. The van der Waals surface area contributed by atoms with Gasteiger partial charge in [-0.25, -0.2) is 8.42 Å². The SMILES string of the molecule is Cc1ccc(S(=O)(=O)N(C)CCn2cccn2)c(C)c1. The molecule has 0 unspecified atom stereocenters. The zero-order valence-electron chi connectivity index (χ0n) is 11.9. The number of aryl methyl sites for hydroxylation is 2. The molecule has 5 nitrogen and oxygen atoms in total. The lowest BCUT2D eigenvalue weighted by atomic mass is 10.2. The Balaban J connectivity index is 2.16. The summed E-state index contributed by atoms with van der Waals surface area (Å²) in [4.78, 5) is 0.367. The molecule has 0 bridgehead atoms. The molecule has 0 saturated heterocycles. The molecule has 1 aromatic heterocycles. The van der Waals surface area contributed by atoms with Crippen LogP contribution in [0.5, 0.6) is 0 Å². The van der Waals surface area contributed by atoms with E-state index in [1.54, 1.807) is 24.0 Å². The van der Waals surface area contributed by atoms with Crippen molar-refractivity contribution in [2.75, 3.05) is 13.6 Å². The average Bonchev–Trinajstić information content (AvgIpc) is 2.88. The lowest BCUT2D eigenvalue weighted by Gasteiger charge is -2.18. The molecule has 0 spiro atoms. The Labute approximate surface area is 119 Å². The topological polar surface area (TPSA) is 55.2 Å². The quantitative estimate of drug-likeness (QED) is 0.845. The first-order valence-electron chi connectivity index (χ1n) is 6.42. The van der Waals surface area contributed by atoms with Gasteiger partial charge in [0.2, 0.25) is 10.0 Å². The number of likely N-dealkylation sites (N-methyl/N-ethyl adjacent to an activating group) is 1. The van der Waals surface area contributed by atoms with Crippen molar-refractivity contribution in [2.45, 2.75) is 25.3 Å². The third-order valence-electron chi connectivity index (χ3n) is 3.22. The molecule has 0 amide bonds. The number of benzene rings is 1. The molecule has 2 aromatic rings. The molecule has 0 aliphatic rings. The van der Waals surface area contributed by atoms with Crippen LogP contribution in [0.1, 0.15) is 11.1 Å². The molecule has 0 atom stereocenters. The van der Waals surface area contributed by atoms with Crippen LogP contribution in [-0.2, 0) is 16.6 Å². The summed E-state index contributed by atoms with van der Waals surface area (Å²) in [6.07, 6.45) is 3.50. The molecule has 0 saturated carbocycles. The molecular weight excluding hydrogens is 274 g/mol. The van der Waals surface area contributed by atoms with Crippen LogP contribution in [0, 0.1) is 13.8 Å². The van der Waals surface area contributed by atoms with E-state index in [2.05, 4.69) is 5.10 Å². The fraction of sp³-hybridized carbons (Fsp3) is 0.357. The van der Waals surface area contributed by atoms with E-state index >= 15 is 0 Å². The molecular formula is C14H19N3O2S. The second-order valence-electron chi connectivity index (χ2n) is 4.86. The fourth-order valence-corrected chi connectivity index (χ4v) is 3.42. The minimum absolute atomic E-state index is 0.367. The molecule has 108 valence electrons. The summed E-state index contributed by atoms with van der Waals surface area (Å²) in [6.45, 7) is 4.69. The first-order chi connectivity index (χ1) is 9.41. The third-order valence-corrected chi connectivity index (χ3v) is 5.24. The van der Waals surface area contributed by atoms with Gasteiger partial charge < -0.3 is 0 Å². The first kappa shape index (κ1) is 14.7. The van der Waals surface area contributed by atoms with Gasteiger partial charge in [0.25, 0.3) is 0 Å². The predicted molar refractivity (Wildman–Crippen MR) is 78.0 cm³/mol. The summed E-state index contributed by atoms with van der Waals surface area (Å²) in [5.41, 5.74) is 1.83. The summed E-state index contributed by atoms with van der Waals surface area (Å²) in [5.74, 6) is 0. The Bertz CT molecular complexity index is 678. The van der Waals surface area contributed by atoms with E-state index in [1.165, 1.54) is 4.31 Å². The zero-order chi connectivity index (χ0) is 14.8. The Morgan fingerprint density at radius 1 is 1.30 bits per heavy atom. The van der Waals surface area contributed by atoms with Crippen molar-refractivity contribution in [1.82, 2.24) is 14.1 Å². The van der Waals surface area contributed by atoms with Crippen LogP contribution in [0.25, 0.3) is 0 Å². The normalized spacial score (nSPS) is 12.0. The molecule has 1 aromatic carbocycles. The molecule has 0 radical (unpaired) electrons. The molecule has 2 rings (SSSR count). The maximum atomic E-state index is 12.5. The van der Waals surface area contributed by atoms with E-state index in [0.29, 0.717) is 18.0 Å². The number of nitrogens with zero attached hydrogens (tertiary/aromatic N) is 3. The first-order valence-corrected chi connectivity index (χ1v) is 7.86. The summed E-state index contributed by atoms with van der Waals surface area (Å²) < 4.78 is 28.1. The molecule has 1 heterocycles. The Morgan fingerprint density at radius 3 is 2.65 bits per heavy atom. The summed E-state index contributed by atoms with van der Waals surface area (Å²) in [6, 6.07) is 7.19. The van der Waals surface area contributed by atoms with Crippen molar-refractivity contribution in [1.29, 1.82) is 0 Å². The van der Waals surface area contributed by atoms with Gasteiger partial charge in [-0.05, 0) is 31.5 Å². The van der Waals surface area contributed by atoms with Crippen molar-refractivity contribution in [3.63, 3.8) is 0 Å². The summed E-state index contributed by atoms with van der Waals surface area (Å²) in [5, 5.41) is 4.07. The van der Waals surface area contributed by atoms with Crippen LogP contribution >= 0.6 is 0 Å². The van der Waals surface area contributed by atoms with Crippen molar-refractivity contribution in [3.05, 3.63) is 47.8 Å². The van der Waals surface area contributed by atoms with Gasteiger partial charge in [-0.15, -0.1) is 0 Å². The summed E-state index contributed by atoms with van der Waals surface area (Å²) >= 11 is 0. The van der Waals surface area contributed by atoms with Crippen molar-refractivity contribution in [3.8, 4) is 0 Å². The monoisotopic (exact) mass is 293 g/mol. The van der Waals surface area contributed by atoms with Crippen molar-refractivity contribution in [2.24, 2.45) is 0 Å². The predicted octanol–water partition coefficient (Wildman–Crippen LogP) is 1.82. The van der Waals surface area contributed by atoms with E-state index in [-0.39, 0.29) is 0 Å². The lowest BCUT2D eigenvalue weighted by molar-refractivity contribution is 0.432. The highest BCUT2D eigenvalue weighted by Gasteiger charge is 2.22. The average molecular weight is 293 g/mol. The maximum absolute atomic E-state index is 12.5. The molecule has 0 aliphatic carbocycles. The second-order valence-corrected chi connectivity index (χ2v) is 6.88. The van der Waals surface area contributed by atoms with E-state index in [9.17, 15) is 8.42 Å². The lowest BCUT2D eigenvalue weighted by Crippen LogP contribution is -2.30. The number of hydrogen-bond donors (Lipinski definition) is 0. The molecule has 0 fully saturated rings. The molecule has 0 N–H and O–H groups in total. The smallest absolute Gasteiger partial charge is 0.243 e. The van der Waals surface area contributed by atoms with Gasteiger partial charge in [0.15, 0.2) is 0 Å². The van der Waals surface area contributed by atoms with E-state index in [4.69, 9.17) is 0 Å². The van der Waals surface area contributed by atoms with Gasteiger partial charge in [0.05, 0.1) is 11.4 Å². The summed E-state index contributed by atoms with van der Waals surface area (Å²) in [7, 11) is -1.85. The van der Waals surface area contributed by atoms with Crippen LogP contribution in [0.4, 0.5) is 0 Å². The molecule has 6 heteroatoms. The minimum Gasteiger partial charge on any atom is -0.271 e. The highest BCUT2D eigenvalue weighted by molar-refractivity contribution is 7.89. The van der Waals surface area contributed by atoms with E-state index in [1.807, 2.05) is 38.2 Å². The number of hydrogen-bond acceptors (Lipinski definition) is 3. The van der Waals surface area contributed by atoms with Crippen molar-refractivity contribution < 1.29 is 8.42 Å². The Kier molecular flexibility index (Phi) is 4.25. The minimum atomic E-state index is -3.45. The third kappa shape index (κ3) is 3.08. The number of aromatic nitrogens is 2. The van der Waals surface area contributed by atoms with Crippen LogP contribution in [0.3, 0.4) is 0 Å². The van der Waals surface area contributed by atoms with Gasteiger partial charge in [0.1, 0.15) is 0 Å². The second kappa shape index (κ2) is 5.76. The Morgan fingerprint density at radius 2 is 2.05 bits per heavy atom. The van der Waals surface area contributed by atoms with Gasteiger partial charge in [-0.2, -0.15) is 9.40 Å². The van der Waals surface area contributed by atoms with E-state index in [0.717, 1.165) is 11.1 Å². The Hall–Kier alpha value is -1.66. The largest absolute Gasteiger partial charge is 0.271 e. The van der Waals surface area contributed by atoms with Crippen LogP contribution < -0.4 is 0 Å². The molecule has 0 aliphatic heterocycles. The number of sulfonamides is 1. The standard InChI is InChI=1S/C14H19N3O2S/c1-12-5-6-14(13(2)11-12)20(18,19)16(3)9-10-17-8-4-7-15-17/h4-8,11H,9-10H2,1-3H3. The maximum Gasteiger partial charge on any atom is 0.243 e. The van der Waals surface area contributed by atoms with Gasteiger partial charge >= 0.3 is 0 Å². The van der Waals surface area contributed by atoms with Crippen molar-refractivity contribution >= 4 is 10.0 Å². The van der Waals surface area contributed by atoms with Crippen LogP contribution in [0.2, 0.25) is 0 Å². The highest BCUT2D eigenvalue weighted by atomic mass is 32.2. The van der Waals surface area contributed by atoms with Crippen LogP contribution in [0.15, 0.2) is 41.6 Å². The fourth-order valence-electron chi connectivity index (χ4n) is 2.05. The molecule has 20 heavy (non-hydrogen) atoms. The van der Waals surface area contributed by atoms with Gasteiger partial charge in [-0.1, -0.05) is 17.7 Å². The van der Waals surface area contributed by atoms with Crippen LogP contribution in [-0.4, -0.2) is 36.1 Å². The number of rotatable bonds is 5. The highest BCUT2D eigenvalue weighted by Crippen LogP contribution is 2.19. The van der Waals surface area contributed by atoms with Gasteiger partial charge in [-0.3, -0.25) is 4.68 Å². The van der Waals surface area contributed by atoms with Gasteiger partial charge in [0, 0.05) is 26.0 Å².